The van der Waals surface area contributed by atoms with Gasteiger partial charge in [-0.25, -0.2) is 0 Å². The molecule has 5 heteroatoms. The molecule has 1 aromatic rings. The van der Waals surface area contributed by atoms with Crippen LogP contribution in [0, 0.1) is 12.8 Å². The molecule has 0 aromatic heterocycles. The Morgan fingerprint density at radius 2 is 2.00 bits per heavy atom. The van der Waals surface area contributed by atoms with Crippen LogP contribution in [0.2, 0.25) is 0 Å². The van der Waals surface area contributed by atoms with Crippen molar-refractivity contribution in [2.45, 2.75) is 46.8 Å². The van der Waals surface area contributed by atoms with E-state index in [0.29, 0.717) is 12.0 Å². The lowest BCUT2D eigenvalue weighted by molar-refractivity contribution is 0.0258. The van der Waals surface area contributed by atoms with Gasteiger partial charge in [0.15, 0.2) is 5.96 Å². The molecule has 132 valence electrons. The van der Waals surface area contributed by atoms with Crippen LogP contribution in [0.3, 0.4) is 0 Å². The van der Waals surface area contributed by atoms with Gasteiger partial charge < -0.3 is 15.4 Å². The van der Waals surface area contributed by atoms with Crippen molar-refractivity contribution in [2.75, 3.05) is 20.2 Å². The van der Waals surface area contributed by atoms with E-state index in [9.17, 15) is 0 Å². The van der Waals surface area contributed by atoms with Gasteiger partial charge in [0.1, 0.15) is 0 Å². The highest BCUT2D eigenvalue weighted by atomic mass is 127. The number of aryl methyl sites for hydroxylation is 1. The third kappa shape index (κ3) is 9.15. The number of ether oxygens (including phenoxy) is 1. The number of hydrogen-bond acceptors (Lipinski definition) is 2. The fourth-order valence-electron chi connectivity index (χ4n) is 2.38. The first-order valence-electron chi connectivity index (χ1n) is 8.18. The minimum Gasteiger partial charge on any atom is -0.378 e. The summed E-state index contributed by atoms with van der Waals surface area (Å²) in [4.78, 5) is 4.27. The summed E-state index contributed by atoms with van der Waals surface area (Å²) in [5.41, 5.74) is 2.54. The number of rotatable bonds is 8. The molecular weight excluding hydrogens is 401 g/mol. The zero-order valence-corrected chi connectivity index (χ0v) is 17.4. The van der Waals surface area contributed by atoms with Crippen molar-refractivity contribution in [3.63, 3.8) is 0 Å². The minimum absolute atomic E-state index is 0. The van der Waals surface area contributed by atoms with Gasteiger partial charge >= 0.3 is 0 Å². The maximum absolute atomic E-state index is 5.76. The Kier molecular flexibility index (Phi) is 12.1. The van der Waals surface area contributed by atoms with Crippen molar-refractivity contribution in [1.29, 1.82) is 0 Å². The van der Waals surface area contributed by atoms with Crippen LogP contribution in [0.15, 0.2) is 29.3 Å². The molecule has 4 nitrogen and oxygen atoms in total. The van der Waals surface area contributed by atoms with Gasteiger partial charge in [0.25, 0.3) is 0 Å². The maximum atomic E-state index is 5.76. The number of halogens is 1. The molecule has 23 heavy (non-hydrogen) atoms. The van der Waals surface area contributed by atoms with Gasteiger partial charge in [-0.3, -0.25) is 4.99 Å². The lowest BCUT2D eigenvalue weighted by Crippen LogP contribution is -2.38. The molecule has 0 amide bonds. The Morgan fingerprint density at radius 1 is 1.26 bits per heavy atom. The summed E-state index contributed by atoms with van der Waals surface area (Å²) in [5, 5.41) is 6.70. The minimum atomic E-state index is 0. The summed E-state index contributed by atoms with van der Waals surface area (Å²) >= 11 is 0. The predicted octanol–water partition coefficient (Wildman–Crippen LogP) is 3.73. The average molecular weight is 433 g/mol. The van der Waals surface area contributed by atoms with E-state index in [1.54, 1.807) is 7.05 Å². The van der Waals surface area contributed by atoms with Crippen molar-refractivity contribution in [3.8, 4) is 0 Å². The quantitative estimate of drug-likeness (QED) is 0.373. The van der Waals surface area contributed by atoms with Crippen molar-refractivity contribution >= 4 is 29.9 Å². The highest BCUT2D eigenvalue weighted by molar-refractivity contribution is 14.0. The van der Waals surface area contributed by atoms with E-state index in [4.69, 9.17) is 4.74 Å². The van der Waals surface area contributed by atoms with Gasteiger partial charge in [0, 0.05) is 26.7 Å². The summed E-state index contributed by atoms with van der Waals surface area (Å²) < 4.78 is 5.76. The van der Waals surface area contributed by atoms with Crippen molar-refractivity contribution in [1.82, 2.24) is 10.6 Å². The van der Waals surface area contributed by atoms with Crippen LogP contribution in [0.1, 0.15) is 38.3 Å². The Balaban J connectivity index is 0.00000484. The molecular formula is C18H32IN3O. The van der Waals surface area contributed by atoms with Crippen LogP contribution in [0.4, 0.5) is 0 Å². The average Bonchev–Trinajstić information content (AvgIpc) is 2.49. The molecule has 0 aliphatic heterocycles. The molecule has 1 aromatic carbocycles. The molecule has 0 aliphatic carbocycles. The summed E-state index contributed by atoms with van der Waals surface area (Å²) in [5.74, 6) is 1.37. The fraction of sp³-hybridized carbons (Fsp3) is 0.611. The Morgan fingerprint density at radius 3 is 2.57 bits per heavy atom. The van der Waals surface area contributed by atoms with Crippen molar-refractivity contribution in [2.24, 2.45) is 10.9 Å². The molecule has 1 rings (SSSR count). The lowest BCUT2D eigenvalue weighted by atomic mass is 10.0. The van der Waals surface area contributed by atoms with Crippen LogP contribution in [0.5, 0.6) is 0 Å². The van der Waals surface area contributed by atoms with Gasteiger partial charge in [-0.1, -0.05) is 43.7 Å². The van der Waals surface area contributed by atoms with E-state index >= 15 is 0 Å². The highest BCUT2D eigenvalue weighted by Gasteiger charge is 2.12. The van der Waals surface area contributed by atoms with E-state index in [-0.39, 0.29) is 24.0 Å². The van der Waals surface area contributed by atoms with Gasteiger partial charge in [-0.2, -0.15) is 0 Å². The van der Waals surface area contributed by atoms with E-state index < -0.39 is 0 Å². The lowest BCUT2D eigenvalue weighted by Gasteiger charge is -2.21. The first-order chi connectivity index (χ1) is 10.6. The molecule has 1 atom stereocenters. The largest absolute Gasteiger partial charge is 0.378 e. The van der Waals surface area contributed by atoms with Crippen molar-refractivity contribution in [3.05, 3.63) is 35.4 Å². The molecule has 0 saturated heterocycles. The molecule has 0 saturated carbocycles. The molecule has 0 spiro atoms. The van der Waals surface area contributed by atoms with Crippen LogP contribution < -0.4 is 10.6 Å². The van der Waals surface area contributed by atoms with Gasteiger partial charge in [-0.15, -0.1) is 24.0 Å². The third-order valence-corrected chi connectivity index (χ3v) is 3.61. The van der Waals surface area contributed by atoms with Gasteiger partial charge in [-0.05, 0) is 31.7 Å². The molecule has 0 radical (unpaired) electrons. The second kappa shape index (κ2) is 12.6. The number of benzene rings is 1. The maximum Gasteiger partial charge on any atom is 0.191 e. The van der Waals surface area contributed by atoms with Gasteiger partial charge in [0.05, 0.1) is 6.10 Å². The summed E-state index contributed by atoms with van der Waals surface area (Å²) in [6.45, 7) is 11.0. The molecule has 2 N–H and O–H groups in total. The molecule has 0 bridgehead atoms. The summed E-state index contributed by atoms with van der Waals surface area (Å²) in [6.07, 6.45) is 1.28. The normalized spacial score (nSPS) is 12.7. The Hall–Kier alpha value is -0.820. The van der Waals surface area contributed by atoms with Crippen LogP contribution in [-0.4, -0.2) is 32.3 Å². The first-order valence-corrected chi connectivity index (χ1v) is 8.18. The van der Waals surface area contributed by atoms with E-state index in [2.05, 4.69) is 60.7 Å². The number of hydrogen-bond donors (Lipinski definition) is 2. The number of aliphatic imine (C=N–C) groups is 1. The summed E-state index contributed by atoms with van der Waals surface area (Å²) in [6, 6.07) is 8.50. The Labute approximate surface area is 158 Å². The zero-order valence-electron chi connectivity index (χ0n) is 15.1. The van der Waals surface area contributed by atoms with Crippen LogP contribution in [0.25, 0.3) is 0 Å². The number of nitrogens with zero attached hydrogens (tertiary/aromatic N) is 1. The van der Waals surface area contributed by atoms with Crippen LogP contribution in [-0.2, 0) is 11.3 Å². The third-order valence-electron chi connectivity index (χ3n) is 3.61. The zero-order chi connectivity index (χ0) is 16.4. The fourth-order valence-corrected chi connectivity index (χ4v) is 2.38. The smallest absolute Gasteiger partial charge is 0.191 e. The van der Waals surface area contributed by atoms with E-state index in [0.717, 1.165) is 32.1 Å². The first kappa shape index (κ1) is 22.2. The topological polar surface area (TPSA) is 45.6 Å². The molecule has 0 aliphatic rings. The molecule has 0 fully saturated rings. The monoisotopic (exact) mass is 433 g/mol. The van der Waals surface area contributed by atoms with Crippen molar-refractivity contribution < 1.29 is 4.74 Å². The molecule has 0 heterocycles. The SMILES string of the molecule is CCOC(CCNC(=NC)NCc1cccc(C)c1)C(C)C.I. The Bertz CT molecular complexity index is 463. The molecule has 1 unspecified atom stereocenters. The van der Waals surface area contributed by atoms with Crippen LogP contribution >= 0.6 is 24.0 Å². The standard InChI is InChI=1S/C18H31N3O.HI/c1-6-22-17(14(2)3)10-11-20-18(19-5)21-13-16-9-7-8-15(4)12-16;/h7-9,12,14,17H,6,10-11,13H2,1-5H3,(H2,19,20,21);1H. The number of guanidine groups is 1. The van der Waals surface area contributed by atoms with E-state index in [1.165, 1.54) is 11.1 Å². The number of nitrogens with one attached hydrogen (secondary N) is 2. The van der Waals surface area contributed by atoms with E-state index in [1.807, 2.05) is 6.92 Å². The second-order valence-corrected chi connectivity index (χ2v) is 5.87. The highest BCUT2D eigenvalue weighted by Crippen LogP contribution is 2.09. The predicted molar refractivity (Wildman–Crippen MR) is 110 cm³/mol. The summed E-state index contributed by atoms with van der Waals surface area (Å²) in [7, 11) is 1.80. The van der Waals surface area contributed by atoms with Gasteiger partial charge in [0.2, 0.25) is 0 Å². The second-order valence-electron chi connectivity index (χ2n) is 5.87.